The van der Waals surface area contributed by atoms with E-state index in [9.17, 15) is 8.78 Å². The fourth-order valence-corrected chi connectivity index (χ4v) is 3.52. The van der Waals surface area contributed by atoms with Crippen LogP contribution in [0.4, 0.5) is 8.78 Å². The number of benzene rings is 3. The van der Waals surface area contributed by atoms with Gasteiger partial charge in [-0.1, -0.05) is 58.4 Å². The zero-order valence-corrected chi connectivity index (χ0v) is 14.0. The number of fused-ring (bicyclic) bond motifs is 1. The average Bonchev–Trinajstić information content (AvgIpc) is 2.50. The van der Waals surface area contributed by atoms with Crippen LogP contribution < -0.4 is 0 Å². The lowest BCUT2D eigenvalue weighted by atomic mass is 9.98. The van der Waals surface area contributed by atoms with Crippen LogP contribution in [0.2, 0.25) is 0 Å². The highest BCUT2D eigenvalue weighted by molar-refractivity contribution is 9.10. The molecule has 0 amide bonds. The molecular weight excluding hydrogens is 402 g/mol. The Labute approximate surface area is 138 Å². The van der Waals surface area contributed by atoms with Gasteiger partial charge in [-0.25, -0.2) is 8.78 Å². The highest BCUT2D eigenvalue weighted by Gasteiger charge is 2.19. The summed E-state index contributed by atoms with van der Waals surface area (Å²) in [6.45, 7) is 0. The van der Waals surface area contributed by atoms with Gasteiger partial charge < -0.3 is 0 Å². The molecular formula is C17H10Br2F2. The maximum absolute atomic E-state index is 14.3. The average molecular weight is 412 g/mol. The summed E-state index contributed by atoms with van der Waals surface area (Å²) in [5.41, 5.74) is 1.35. The second kappa shape index (κ2) is 5.85. The first-order valence-corrected chi connectivity index (χ1v) is 8.05. The Hall–Kier alpha value is -1.26. The van der Waals surface area contributed by atoms with Crippen LogP contribution in [-0.4, -0.2) is 0 Å². The van der Waals surface area contributed by atoms with E-state index in [1.54, 1.807) is 36.4 Å². The molecule has 0 aromatic heterocycles. The van der Waals surface area contributed by atoms with Gasteiger partial charge in [-0.05, 0) is 39.0 Å². The number of alkyl halides is 1. The van der Waals surface area contributed by atoms with Gasteiger partial charge in [0.05, 0.1) is 9.30 Å². The summed E-state index contributed by atoms with van der Waals surface area (Å²) in [4.78, 5) is -0.347. The summed E-state index contributed by atoms with van der Waals surface area (Å²) in [5.74, 6) is -0.587. The number of rotatable bonds is 2. The second-order valence-electron chi connectivity index (χ2n) is 4.69. The van der Waals surface area contributed by atoms with E-state index in [1.807, 2.05) is 12.1 Å². The fraction of sp³-hybridized carbons (Fsp3) is 0.0588. The zero-order chi connectivity index (χ0) is 15.0. The summed E-state index contributed by atoms with van der Waals surface area (Å²) in [6, 6.07) is 15.5. The van der Waals surface area contributed by atoms with Crippen molar-refractivity contribution in [2.75, 3.05) is 0 Å². The Morgan fingerprint density at radius 1 is 0.762 bits per heavy atom. The van der Waals surface area contributed by atoms with Crippen LogP contribution in [-0.2, 0) is 0 Å². The second-order valence-corrected chi connectivity index (χ2v) is 6.46. The van der Waals surface area contributed by atoms with E-state index in [2.05, 4.69) is 31.9 Å². The van der Waals surface area contributed by atoms with Crippen molar-refractivity contribution in [1.29, 1.82) is 0 Å². The van der Waals surface area contributed by atoms with Crippen molar-refractivity contribution in [3.63, 3.8) is 0 Å². The highest BCUT2D eigenvalue weighted by atomic mass is 79.9. The molecule has 3 rings (SSSR count). The van der Waals surface area contributed by atoms with Gasteiger partial charge in [0.15, 0.2) is 0 Å². The van der Waals surface area contributed by atoms with E-state index in [0.717, 1.165) is 10.9 Å². The molecule has 106 valence electrons. The molecule has 1 atom stereocenters. The number of halogens is 4. The fourth-order valence-electron chi connectivity index (χ4n) is 2.39. The molecule has 0 fully saturated rings. The van der Waals surface area contributed by atoms with Gasteiger partial charge >= 0.3 is 0 Å². The van der Waals surface area contributed by atoms with E-state index in [1.165, 1.54) is 6.07 Å². The molecule has 0 heterocycles. The maximum atomic E-state index is 14.3. The Kier molecular flexibility index (Phi) is 4.09. The van der Waals surface area contributed by atoms with Crippen LogP contribution in [0.5, 0.6) is 0 Å². The SMILES string of the molecule is Fc1c(Br)cccc1C(Br)c1ccc(F)c2ccccc12. The molecule has 0 radical (unpaired) electrons. The standard InChI is InChI=1S/C17H10Br2F2/c18-14-7-3-6-13(17(14)21)16(19)12-8-9-15(20)11-5-2-1-4-10(11)12/h1-9,16H. The van der Waals surface area contributed by atoms with Crippen molar-refractivity contribution in [3.8, 4) is 0 Å². The van der Waals surface area contributed by atoms with Gasteiger partial charge in [0, 0.05) is 10.9 Å². The van der Waals surface area contributed by atoms with E-state index >= 15 is 0 Å². The third-order valence-corrected chi connectivity index (χ3v) is 5.03. The van der Waals surface area contributed by atoms with Gasteiger partial charge in [0.1, 0.15) is 11.6 Å². The van der Waals surface area contributed by atoms with E-state index in [0.29, 0.717) is 15.4 Å². The minimum Gasteiger partial charge on any atom is -0.206 e. The van der Waals surface area contributed by atoms with Gasteiger partial charge in [-0.3, -0.25) is 0 Å². The lowest BCUT2D eigenvalue weighted by molar-refractivity contribution is 0.607. The molecule has 0 saturated heterocycles. The summed E-state index contributed by atoms with van der Waals surface area (Å²) in [5, 5.41) is 1.31. The van der Waals surface area contributed by atoms with Crippen LogP contribution in [0.1, 0.15) is 16.0 Å². The Bertz CT molecular complexity index is 815. The largest absolute Gasteiger partial charge is 0.206 e. The predicted molar refractivity (Wildman–Crippen MR) is 88.8 cm³/mol. The summed E-state index contributed by atoms with van der Waals surface area (Å²) < 4.78 is 28.6. The first-order chi connectivity index (χ1) is 10.1. The zero-order valence-electron chi connectivity index (χ0n) is 10.8. The van der Waals surface area contributed by atoms with Gasteiger partial charge in [-0.2, -0.15) is 0 Å². The lowest BCUT2D eigenvalue weighted by Gasteiger charge is -2.15. The summed E-state index contributed by atoms with van der Waals surface area (Å²) >= 11 is 6.73. The molecule has 0 aliphatic heterocycles. The smallest absolute Gasteiger partial charge is 0.142 e. The molecule has 0 bridgehead atoms. The molecule has 0 saturated carbocycles. The van der Waals surface area contributed by atoms with Gasteiger partial charge in [0.2, 0.25) is 0 Å². The van der Waals surface area contributed by atoms with Gasteiger partial charge in [-0.15, -0.1) is 0 Å². The van der Waals surface area contributed by atoms with Crippen molar-refractivity contribution in [1.82, 2.24) is 0 Å². The molecule has 0 N–H and O–H groups in total. The topological polar surface area (TPSA) is 0 Å². The maximum Gasteiger partial charge on any atom is 0.142 e. The number of hydrogen-bond acceptors (Lipinski definition) is 0. The molecule has 3 aromatic carbocycles. The van der Waals surface area contributed by atoms with E-state index in [4.69, 9.17) is 0 Å². The summed E-state index contributed by atoms with van der Waals surface area (Å²) in [7, 11) is 0. The molecule has 0 aliphatic rings. The minimum absolute atomic E-state index is 0.274. The monoisotopic (exact) mass is 410 g/mol. The predicted octanol–water partition coefficient (Wildman–Crippen LogP) is 6.36. The molecule has 3 aromatic rings. The first kappa shape index (κ1) is 14.7. The lowest BCUT2D eigenvalue weighted by Crippen LogP contribution is -1.99. The van der Waals surface area contributed by atoms with Crippen LogP contribution in [0.25, 0.3) is 10.8 Å². The van der Waals surface area contributed by atoms with Crippen molar-refractivity contribution < 1.29 is 8.78 Å². The number of hydrogen-bond donors (Lipinski definition) is 0. The molecule has 21 heavy (non-hydrogen) atoms. The van der Waals surface area contributed by atoms with E-state index in [-0.39, 0.29) is 16.5 Å². The first-order valence-electron chi connectivity index (χ1n) is 6.34. The van der Waals surface area contributed by atoms with Crippen LogP contribution >= 0.6 is 31.9 Å². The molecule has 0 aliphatic carbocycles. The quantitative estimate of drug-likeness (QED) is 0.430. The van der Waals surface area contributed by atoms with Crippen molar-refractivity contribution >= 4 is 42.6 Å². The van der Waals surface area contributed by atoms with E-state index < -0.39 is 0 Å². The molecule has 0 spiro atoms. The van der Waals surface area contributed by atoms with Gasteiger partial charge in [0.25, 0.3) is 0 Å². The molecule has 0 nitrogen and oxygen atoms in total. The van der Waals surface area contributed by atoms with Crippen LogP contribution in [0, 0.1) is 11.6 Å². The van der Waals surface area contributed by atoms with Crippen molar-refractivity contribution in [2.24, 2.45) is 0 Å². The van der Waals surface area contributed by atoms with Crippen molar-refractivity contribution in [2.45, 2.75) is 4.83 Å². The van der Waals surface area contributed by atoms with Crippen LogP contribution in [0.3, 0.4) is 0 Å². The van der Waals surface area contributed by atoms with Crippen LogP contribution in [0.15, 0.2) is 59.1 Å². The molecule has 4 heteroatoms. The Morgan fingerprint density at radius 3 is 2.24 bits per heavy atom. The Morgan fingerprint density at radius 2 is 1.48 bits per heavy atom. The highest BCUT2D eigenvalue weighted by Crippen LogP contribution is 2.38. The normalized spacial score (nSPS) is 12.6. The third-order valence-electron chi connectivity index (χ3n) is 3.43. The van der Waals surface area contributed by atoms with Crippen molar-refractivity contribution in [3.05, 3.63) is 81.8 Å². The molecule has 1 unspecified atom stereocenters. The minimum atomic E-state index is -0.347. The Balaban J connectivity index is 2.21. The third kappa shape index (κ3) is 2.62. The summed E-state index contributed by atoms with van der Waals surface area (Å²) in [6.07, 6.45) is 0.